The van der Waals surface area contributed by atoms with Gasteiger partial charge in [0.25, 0.3) is 5.91 Å². The fourth-order valence-electron chi connectivity index (χ4n) is 3.51. The third kappa shape index (κ3) is 4.28. The second-order valence-corrected chi connectivity index (χ2v) is 9.19. The zero-order valence-corrected chi connectivity index (χ0v) is 17.6. The maximum Gasteiger partial charge on any atom is 0.287 e. The molecule has 6 heteroatoms. The summed E-state index contributed by atoms with van der Waals surface area (Å²) in [7, 11) is -1.22. The van der Waals surface area contributed by atoms with E-state index in [1.807, 2.05) is 36.4 Å². The maximum absolute atomic E-state index is 12.6. The Hall–Kier alpha value is -2.18. The number of amides is 1. The number of nitrogens with one attached hydrogen (secondary N) is 1. The van der Waals surface area contributed by atoms with E-state index in [-0.39, 0.29) is 23.5 Å². The molecule has 3 aromatic rings. The average molecular weight is 458 g/mol. The molecular formula is C22H20BrNO3S. The van der Waals surface area contributed by atoms with E-state index in [9.17, 15) is 9.00 Å². The molecule has 0 aliphatic heterocycles. The van der Waals surface area contributed by atoms with E-state index in [1.54, 1.807) is 12.1 Å². The Morgan fingerprint density at radius 3 is 2.71 bits per heavy atom. The van der Waals surface area contributed by atoms with Crippen LogP contribution in [-0.2, 0) is 23.0 Å². The molecule has 0 saturated carbocycles. The van der Waals surface area contributed by atoms with Crippen LogP contribution in [0, 0.1) is 0 Å². The highest BCUT2D eigenvalue weighted by Crippen LogP contribution is 2.29. The molecule has 144 valence electrons. The van der Waals surface area contributed by atoms with Crippen LogP contribution in [0.15, 0.2) is 74.4 Å². The van der Waals surface area contributed by atoms with Crippen molar-refractivity contribution in [3.8, 4) is 0 Å². The quantitative estimate of drug-likeness (QED) is 0.575. The molecule has 1 aliphatic carbocycles. The number of hydrogen-bond acceptors (Lipinski definition) is 3. The Morgan fingerprint density at radius 1 is 1.11 bits per heavy atom. The minimum absolute atomic E-state index is 0.00268. The van der Waals surface area contributed by atoms with Crippen LogP contribution >= 0.6 is 15.9 Å². The zero-order valence-electron chi connectivity index (χ0n) is 15.2. The first-order valence-corrected chi connectivity index (χ1v) is 11.3. The molecule has 0 bridgehead atoms. The fourth-order valence-corrected chi connectivity index (χ4v) is 4.79. The van der Waals surface area contributed by atoms with Crippen molar-refractivity contribution in [2.45, 2.75) is 36.0 Å². The predicted molar refractivity (Wildman–Crippen MR) is 113 cm³/mol. The van der Waals surface area contributed by atoms with E-state index in [2.05, 4.69) is 33.4 Å². The van der Waals surface area contributed by atoms with Gasteiger partial charge in [-0.2, -0.15) is 0 Å². The molecule has 0 fully saturated rings. The average Bonchev–Trinajstić information content (AvgIpc) is 3.17. The van der Waals surface area contributed by atoms with Gasteiger partial charge in [0.1, 0.15) is 5.76 Å². The van der Waals surface area contributed by atoms with E-state index in [0.717, 1.165) is 28.6 Å². The summed E-state index contributed by atoms with van der Waals surface area (Å²) in [4.78, 5) is 13.4. The van der Waals surface area contributed by atoms with Crippen LogP contribution < -0.4 is 5.32 Å². The van der Waals surface area contributed by atoms with Gasteiger partial charge in [0.05, 0.1) is 22.6 Å². The maximum atomic E-state index is 12.6. The van der Waals surface area contributed by atoms with Gasteiger partial charge < -0.3 is 9.73 Å². The summed E-state index contributed by atoms with van der Waals surface area (Å²) in [5.41, 5.74) is 2.48. The van der Waals surface area contributed by atoms with Crippen molar-refractivity contribution in [1.82, 2.24) is 5.32 Å². The molecule has 1 heterocycles. The lowest BCUT2D eigenvalue weighted by atomic mass is 9.88. The number of benzene rings is 2. The van der Waals surface area contributed by atoms with Crippen molar-refractivity contribution >= 4 is 32.6 Å². The van der Waals surface area contributed by atoms with Crippen LogP contribution in [0.2, 0.25) is 0 Å². The highest BCUT2D eigenvalue weighted by atomic mass is 79.9. The van der Waals surface area contributed by atoms with Gasteiger partial charge in [-0.1, -0.05) is 40.2 Å². The van der Waals surface area contributed by atoms with E-state index in [1.165, 1.54) is 11.1 Å². The molecule has 2 atom stereocenters. The Kier molecular flexibility index (Phi) is 5.78. The number of rotatable bonds is 5. The van der Waals surface area contributed by atoms with Crippen molar-refractivity contribution < 1.29 is 13.4 Å². The Balaban J connectivity index is 1.42. The summed E-state index contributed by atoms with van der Waals surface area (Å²) in [6.45, 7) is 0. The summed E-state index contributed by atoms with van der Waals surface area (Å²) in [5.74, 6) is 0.796. The molecule has 0 saturated heterocycles. The standard InChI is InChI=1S/C22H20BrNO3S/c23-16-8-11-18(12-9-16)28(26)14-17-10-13-21(27-17)22(25)24-20-7-3-5-15-4-1-2-6-19(15)20/h1-2,4,6,8-13,20H,3,5,7,14H2,(H,24,25)/t20-,28-/m0/s1. The highest BCUT2D eigenvalue weighted by molar-refractivity contribution is 9.10. The van der Waals surface area contributed by atoms with Gasteiger partial charge in [0.2, 0.25) is 0 Å². The molecule has 1 N–H and O–H groups in total. The molecule has 1 aromatic heterocycles. The van der Waals surface area contributed by atoms with Gasteiger partial charge >= 0.3 is 0 Å². The molecule has 28 heavy (non-hydrogen) atoms. The normalized spacial score (nSPS) is 17.0. The third-order valence-corrected chi connectivity index (χ3v) is 6.78. The number of halogens is 1. The Labute approximate surface area is 174 Å². The lowest BCUT2D eigenvalue weighted by Gasteiger charge is -2.25. The van der Waals surface area contributed by atoms with E-state index >= 15 is 0 Å². The molecular weight excluding hydrogens is 438 g/mol. The van der Waals surface area contributed by atoms with Gasteiger partial charge in [0, 0.05) is 9.37 Å². The summed E-state index contributed by atoms with van der Waals surface area (Å²) in [6.07, 6.45) is 3.02. The van der Waals surface area contributed by atoms with E-state index in [0.29, 0.717) is 5.76 Å². The topological polar surface area (TPSA) is 59.3 Å². The highest BCUT2D eigenvalue weighted by Gasteiger charge is 2.23. The van der Waals surface area contributed by atoms with Crippen molar-refractivity contribution in [3.63, 3.8) is 0 Å². The molecule has 4 nitrogen and oxygen atoms in total. The Bertz CT molecular complexity index is 1010. The van der Waals surface area contributed by atoms with Crippen LogP contribution in [-0.4, -0.2) is 10.1 Å². The van der Waals surface area contributed by atoms with Crippen LogP contribution in [0.25, 0.3) is 0 Å². The van der Waals surface area contributed by atoms with E-state index < -0.39 is 10.8 Å². The second-order valence-electron chi connectivity index (χ2n) is 6.83. The van der Waals surface area contributed by atoms with Crippen molar-refractivity contribution in [2.24, 2.45) is 0 Å². The molecule has 0 radical (unpaired) electrons. The van der Waals surface area contributed by atoms with Crippen molar-refractivity contribution in [1.29, 1.82) is 0 Å². The minimum atomic E-state index is -1.22. The van der Waals surface area contributed by atoms with Crippen LogP contribution in [0.1, 0.15) is 46.3 Å². The lowest BCUT2D eigenvalue weighted by molar-refractivity contribution is 0.0903. The van der Waals surface area contributed by atoms with Gasteiger partial charge in [-0.05, 0) is 66.8 Å². The first kappa shape index (κ1) is 19.2. The number of hydrogen-bond donors (Lipinski definition) is 1. The number of furan rings is 1. The van der Waals surface area contributed by atoms with Gasteiger partial charge in [-0.15, -0.1) is 0 Å². The first-order valence-electron chi connectivity index (χ1n) is 9.21. The zero-order chi connectivity index (χ0) is 19.5. The van der Waals surface area contributed by atoms with Crippen LogP contribution in [0.4, 0.5) is 0 Å². The number of carbonyl (C=O) groups is 1. The molecule has 1 aliphatic rings. The number of fused-ring (bicyclic) bond motifs is 1. The summed E-state index contributed by atoms with van der Waals surface area (Å²) >= 11 is 3.37. The molecule has 1 amide bonds. The molecule has 4 rings (SSSR count). The van der Waals surface area contributed by atoms with Gasteiger partial charge in [0.15, 0.2) is 5.76 Å². The summed E-state index contributed by atoms with van der Waals surface area (Å²) in [6, 6.07) is 19.0. The fraction of sp³-hybridized carbons (Fsp3) is 0.227. The third-order valence-electron chi connectivity index (χ3n) is 4.91. The summed E-state index contributed by atoms with van der Waals surface area (Å²) in [5, 5.41) is 3.08. The SMILES string of the molecule is O=C(N[C@H]1CCCc2ccccc21)c1ccc(C[S@](=O)c2ccc(Br)cc2)o1. The molecule has 0 unspecified atom stereocenters. The Morgan fingerprint density at radius 2 is 1.89 bits per heavy atom. The molecule has 2 aromatic carbocycles. The molecule has 0 spiro atoms. The smallest absolute Gasteiger partial charge is 0.287 e. The van der Waals surface area contributed by atoms with Crippen LogP contribution in [0.3, 0.4) is 0 Å². The lowest BCUT2D eigenvalue weighted by Crippen LogP contribution is -2.30. The van der Waals surface area contributed by atoms with E-state index in [4.69, 9.17) is 4.42 Å². The first-order chi connectivity index (χ1) is 13.6. The second kappa shape index (κ2) is 8.45. The number of aryl methyl sites for hydroxylation is 1. The number of carbonyl (C=O) groups excluding carboxylic acids is 1. The van der Waals surface area contributed by atoms with Gasteiger partial charge in [-0.3, -0.25) is 9.00 Å². The predicted octanol–water partition coefficient (Wildman–Crippen LogP) is 5.16. The monoisotopic (exact) mass is 457 g/mol. The van der Waals surface area contributed by atoms with Crippen molar-refractivity contribution in [3.05, 3.63) is 87.8 Å². The van der Waals surface area contributed by atoms with Crippen molar-refractivity contribution in [2.75, 3.05) is 0 Å². The summed E-state index contributed by atoms with van der Waals surface area (Å²) < 4.78 is 19.1. The van der Waals surface area contributed by atoms with Crippen LogP contribution in [0.5, 0.6) is 0 Å². The van der Waals surface area contributed by atoms with Gasteiger partial charge in [-0.25, -0.2) is 0 Å². The minimum Gasteiger partial charge on any atom is -0.455 e. The largest absolute Gasteiger partial charge is 0.455 e.